The van der Waals surface area contributed by atoms with Crippen molar-refractivity contribution >= 4 is 22.2 Å². The summed E-state index contributed by atoms with van der Waals surface area (Å²) in [7, 11) is 0. The molecule has 0 amide bonds. The first kappa shape index (κ1) is 21.0. The fraction of sp³-hybridized carbons (Fsp3) is 0.391. The highest BCUT2D eigenvalue weighted by atomic mass is 32.1. The van der Waals surface area contributed by atoms with Crippen molar-refractivity contribution in [2.75, 3.05) is 6.61 Å². The van der Waals surface area contributed by atoms with Crippen molar-refractivity contribution in [2.45, 2.75) is 52.0 Å². The number of aromatic amines is 1. The number of nitrogens with zero attached hydrogens (tertiary/aromatic N) is 4. The van der Waals surface area contributed by atoms with Crippen LogP contribution >= 0.6 is 11.3 Å². The first-order valence-corrected chi connectivity index (χ1v) is 11.9. The van der Waals surface area contributed by atoms with Gasteiger partial charge in [0.15, 0.2) is 0 Å². The lowest BCUT2D eigenvalue weighted by Gasteiger charge is -2.19. The third-order valence-electron chi connectivity index (χ3n) is 5.94. The summed E-state index contributed by atoms with van der Waals surface area (Å²) in [6, 6.07) is 12.3. The average molecular weight is 452 g/mol. The van der Waals surface area contributed by atoms with E-state index in [1.54, 1.807) is 11.3 Å². The lowest BCUT2D eigenvalue weighted by Crippen LogP contribution is -3.08. The Morgan fingerprint density at radius 2 is 2.19 bits per heavy atom. The van der Waals surface area contributed by atoms with E-state index in [1.807, 2.05) is 22.9 Å². The van der Waals surface area contributed by atoms with Crippen LogP contribution in [0.15, 0.2) is 46.6 Å². The molecule has 0 aliphatic carbocycles. The molecular formula is C23H27N6O2S+. The van der Waals surface area contributed by atoms with Gasteiger partial charge in [0.25, 0.3) is 5.56 Å². The number of aryl methyl sites for hydroxylation is 1. The topological polar surface area (TPSA) is 90.1 Å². The van der Waals surface area contributed by atoms with E-state index in [0.717, 1.165) is 48.3 Å². The maximum atomic E-state index is 12.8. The molecule has 0 radical (unpaired) electrons. The van der Waals surface area contributed by atoms with Crippen LogP contribution in [0.3, 0.4) is 0 Å². The Kier molecular flexibility index (Phi) is 6.11. The van der Waals surface area contributed by atoms with Crippen LogP contribution in [0.5, 0.6) is 0 Å². The summed E-state index contributed by atoms with van der Waals surface area (Å²) in [5.41, 5.74) is 2.77. The molecule has 4 aromatic rings. The SMILES string of the molecule is Cc1ccc2[nH]c(=O)c(C[NH+](Cc3cccs3)Cc3nnnn3C[C@H]3CCCO3)cc2c1. The molecule has 8 nitrogen and oxygen atoms in total. The fourth-order valence-electron chi connectivity index (χ4n) is 4.32. The average Bonchev–Trinajstić information content (AvgIpc) is 3.54. The molecule has 1 saturated heterocycles. The van der Waals surface area contributed by atoms with Gasteiger partial charge in [-0.3, -0.25) is 4.79 Å². The fourth-order valence-corrected chi connectivity index (χ4v) is 5.09. The molecule has 5 rings (SSSR count). The number of nitrogens with one attached hydrogen (secondary N) is 2. The summed E-state index contributed by atoms with van der Waals surface area (Å²) in [5, 5.41) is 15.6. The van der Waals surface area contributed by atoms with Crippen molar-refractivity contribution in [2.24, 2.45) is 0 Å². The van der Waals surface area contributed by atoms with Crippen molar-refractivity contribution in [3.8, 4) is 0 Å². The molecule has 0 bridgehead atoms. The molecule has 2 atom stereocenters. The molecule has 1 fully saturated rings. The highest BCUT2D eigenvalue weighted by Gasteiger charge is 2.22. The zero-order chi connectivity index (χ0) is 21.9. The van der Waals surface area contributed by atoms with E-state index in [2.05, 4.69) is 51.0 Å². The molecule has 1 aliphatic heterocycles. The number of ether oxygens (including phenoxy) is 1. The van der Waals surface area contributed by atoms with Gasteiger partial charge in [-0.1, -0.05) is 17.7 Å². The van der Waals surface area contributed by atoms with E-state index in [4.69, 9.17) is 4.74 Å². The van der Waals surface area contributed by atoms with Gasteiger partial charge < -0.3 is 14.6 Å². The van der Waals surface area contributed by atoms with Crippen LogP contribution in [0.4, 0.5) is 0 Å². The van der Waals surface area contributed by atoms with Crippen LogP contribution < -0.4 is 10.5 Å². The number of pyridine rings is 1. The first-order valence-electron chi connectivity index (χ1n) is 11.0. The number of rotatable bonds is 8. The number of tetrazole rings is 1. The Labute approximate surface area is 189 Å². The molecular weight excluding hydrogens is 424 g/mol. The van der Waals surface area contributed by atoms with Crippen molar-refractivity contribution < 1.29 is 9.64 Å². The molecule has 3 aromatic heterocycles. The van der Waals surface area contributed by atoms with E-state index >= 15 is 0 Å². The Hall–Kier alpha value is -2.88. The van der Waals surface area contributed by atoms with Crippen LogP contribution in [-0.2, 0) is 30.9 Å². The minimum atomic E-state index is -0.0380. The summed E-state index contributed by atoms with van der Waals surface area (Å²) < 4.78 is 7.63. The van der Waals surface area contributed by atoms with Gasteiger partial charge in [-0.2, -0.15) is 0 Å². The number of quaternary nitrogens is 1. The number of benzene rings is 1. The van der Waals surface area contributed by atoms with E-state index in [0.29, 0.717) is 19.6 Å². The van der Waals surface area contributed by atoms with Gasteiger partial charge in [-0.25, -0.2) is 4.68 Å². The second-order valence-corrected chi connectivity index (χ2v) is 9.52. The second-order valence-electron chi connectivity index (χ2n) is 8.49. The van der Waals surface area contributed by atoms with Gasteiger partial charge in [-0.15, -0.1) is 16.4 Å². The normalized spacial score (nSPS) is 17.2. The molecule has 0 spiro atoms. The zero-order valence-corrected chi connectivity index (χ0v) is 18.9. The lowest BCUT2D eigenvalue weighted by atomic mass is 10.1. The molecule has 1 unspecified atom stereocenters. The lowest BCUT2D eigenvalue weighted by molar-refractivity contribution is -0.941. The molecule has 32 heavy (non-hydrogen) atoms. The number of aromatic nitrogens is 5. The number of H-pyrrole nitrogens is 1. The number of fused-ring (bicyclic) bond motifs is 1. The predicted molar refractivity (Wildman–Crippen MR) is 122 cm³/mol. The van der Waals surface area contributed by atoms with Crippen LogP contribution in [0.1, 0.15) is 34.7 Å². The van der Waals surface area contributed by atoms with Crippen LogP contribution in [0, 0.1) is 6.92 Å². The van der Waals surface area contributed by atoms with Gasteiger partial charge in [0.1, 0.15) is 19.6 Å². The molecule has 9 heteroatoms. The van der Waals surface area contributed by atoms with Gasteiger partial charge in [0, 0.05) is 12.1 Å². The molecule has 1 aromatic carbocycles. The van der Waals surface area contributed by atoms with Crippen LogP contribution in [0.2, 0.25) is 0 Å². The Morgan fingerprint density at radius 1 is 1.25 bits per heavy atom. The minimum absolute atomic E-state index is 0.0380. The summed E-state index contributed by atoms with van der Waals surface area (Å²) >= 11 is 1.73. The Morgan fingerprint density at radius 3 is 3.00 bits per heavy atom. The number of hydrogen-bond acceptors (Lipinski definition) is 6. The molecule has 0 saturated carbocycles. The maximum absolute atomic E-state index is 12.8. The third kappa shape index (κ3) is 4.79. The molecule has 166 valence electrons. The van der Waals surface area contributed by atoms with Crippen molar-refractivity contribution in [3.63, 3.8) is 0 Å². The largest absolute Gasteiger partial charge is 0.376 e. The summed E-state index contributed by atoms with van der Waals surface area (Å²) in [5.74, 6) is 0.820. The Bertz CT molecular complexity index is 1240. The smallest absolute Gasteiger partial charge is 0.257 e. The third-order valence-corrected chi connectivity index (χ3v) is 6.81. The predicted octanol–water partition coefficient (Wildman–Crippen LogP) is 1.85. The first-order chi connectivity index (χ1) is 15.6. The quantitative estimate of drug-likeness (QED) is 0.427. The van der Waals surface area contributed by atoms with E-state index < -0.39 is 0 Å². The van der Waals surface area contributed by atoms with Crippen LogP contribution in [-0.4, -0.2) is 37.9 Å². The van der Waals surface area contributed by atoms with E-state index in [1.165, 1.54) is 15.3 Å². The van der Waals surface area contributed by atoms with Gasteiger partial charge in [0.2, 0.25) is 5.82 Å². The van der Waals surface area contributed by atoms with Crippen molar-refractivity contribution in [1.29, 1.82) is 0 Å². The molecule has 4 heterocycles. The van der Waals surface area contributed by atoms with Gasteiger partial charge in [-0.05, 0) is 65.2 Å². The maximum Gasteiger partial charge on any atom is 0.257 e. The van der Waals surface area contributed by atoms with Crippen molar-refractivity contribution in [1.82, 2.24) is 25.2 Å². The monoisotopic (exact) mass is 451 g/mol. The van der Waals surface area contributed by atoms with E-state index in [-0.39, 0.29) is 11.7 Å². The number of hydrogen-bond donors (Lipinski definition) is 2. The highest BCUT2D eigenvalue weighted by molar-refractivity contribution is 7.09. The summed E-state index contributed by atoms with van der Waals surface area (Å²) in [6.45, 7) is 5.56. The highest BCUT2D eigenvalue weighted by Crippen LogP contribution is 2.15. The number of thiophene rings is 1. The van der Waals surface area contributed by atoms with Gasteiger partial charge in [0.05, 0.1) is 23.1 Å². The standard InChI is InChI=1S/C23H26N6O2S/c1-16-6-7-21-17(10-16)11-18(23(30)24-21)12-28(14-20-5-3-9-32-20)15-22-25-26-27-29(22)13-19-4-2-8-31-19/h3,5-7,9-11,19H,2,4,8,12-15H2,1H3,(H,24,30)/p+1/t19-/m1/s1. The Balaban J connectivity index is 1.41. The van der Waals surface area contributed by atoms with Gasteiger partial charge >= 0.3 is 0 Å². The molecule has 1 aliphatic rings. The second kappa shape index (κ2) is 9.32. The zero-order valence-electron chi connectivity index (χ0n) is 18.1. The van der Waals surface area contributed by atoms with E-state index in [9.17, 15) is 4.79 Å². The van der Waals surface area contributed by atoms with Crippen LogP contribution in [0.25, 0.3) is 10.9 Å². The van der Waals surface area contributed by atoms with Crippen molar-refractivity contribution in [3.05, 3.63) is 74.0 Å². The summed E-state index contributed by atoms with van der Waals surface area (Å²) in [4.78, 5) is 18.4. The minimum Gasteiger partial charge on any atom is -0.376 e. The molecule has 2 N–H and O–H groups in total. The summed E-state index contributed by atoms with van der Waals surface area (Å²) in [6.07, 6.45) is 2.29.